The van der Waals surface area contributed by atoms with Crippen LogP contribution in [0, 0.1) is 0 Å². The zero-order valence-corrected chi connectivity index (χ0v) is 16.4. The van der Waals surface area contributed by atoms with Gasteiger partial charge in [-0.15, -0.1) is 11.6 Å². The molecule has 0 aliphatic carbocycles. The Morgan fingerprint density at radius 3 is 2.64 bits per heavy atom. The largest absolute Gasteiger partial charge is 0.460 e. The lowest BCUT2D eigenvalue weighted by atomic mass is 10.0. The average molecular weight is 390 g/mol. The van der Waals surface area contributed by atoms with Gasteiger partial charge < -0.3 is 19.5 Å². The van der Waals surface area contributed by atoms with Gasteiger partial charge >= 0.3 is 5.97 Å². The van der Waals surface area contributed by atoms with Gasteiger partial charge in [0, 0.05) is 23.0 Å². The lowest BCUT2D eigenvalue weighted by molar-refractivity contribution is -0.155. The maximum atomic E-state index is 12.2. The fraction of sp³-hybridized carbons (Fsp3) is 0.611. The summed E-state index contributed by atoms with van der Waals surface area (Å²) in [5, 5.41) is 3.96. The standard InChI is InChI=1S/C18H25Cl2NO4/c1-18(2,3)25-17(22)9-13(21-6-4-5-19)7-12-8-15-16(10-14(12)20)24-11-23-15/h8,10,13,21H,4-7,9,11H2,1-3H3. The summed E-state index contributed by atoms with van der Waals surface area (Å²) in [4.78, 5) is 12.2. The molecule has 0 aromatic heterocycles. The summed E-state index contributed by atoms with van der Waals surface area (Å²) in [6.45, 7) is 6.49. The van der Waals surface area contributed by atoms with Crippen LogP contribution in [0.3, 0.4) is 0 Å². The molecular weight excluding hydrogens is 365 g/mol. The molecule has 0 radical (unpaired) electrons. The fourth-order valence-electron chi connectivity index (χ4n) is 2.56. The van der Waals surface area contributed by atoms with Gasteiger partial charge in [-0.1, -0.05) is 11.6 Å². The Labute approximate surface area is 158 Å². The predicted molar refractivity (Wildman–Crippen MR) is 98.9 cm³/mol. The second-order valence-electron chi connectivity index (χ2n) is 6.99. The van der Waals surface area contributed by atoms with Crippen LogP contribution in [0.1, 0.15) is 39.2 Å². The first-order chi connectivity index (χ1) is 11.8. The molecule has 0 spiro atoms. The first-order valence-corrected chi connectivity index (χ1v) is 9.29. The van der Waals surface area contributed by atoms with Gasteiger partial charge in [0.1, 0.15) is 5.60 Å². The molecule has 1 unspecified atom stereocenters. The van der Waals surface area contributed by atoms with Crippen molar-refractivity contribution >= 4 is 29.2 Å². The van der Waals surface area contributed by atoms with E-state index in [2.05, 4.69) is 5.32 Å². The molecule has 0 saturated heterocycles. The van der Waals surface area contributed by atoms with Crippen molar-refractivity contribution < 1.29 is 19.0 Å². The molecule has 1 aromatic rings. The van der Waals surface area contributed by atoms with E-state index in [4.69, 9.17) is 37.4 Å². The van der Waals surface area contributed by atoms with E-state index in [0.717, 1.165) is 18.5 Å². The van der Waals surface area contributed by atoms with Crippen molar-refractivity contribution in [2.45, 2.75) is 51.7 Å². The number of carbonyl (C=O) groups is 1. The normalized spacial score (nSPS) is 14.4. The van der Waals surface area contributed by atoms with Crippen LogP contribution in [0.5, 0.6) is 11.5 Å². The highest BCUT2D eigenvalue weighted by Gasteiger charge is 2.23. The molecular formula is C18H25Cl2NO4. The smallest absolute Gasteiger partial charge is 0.307 e. The van der Waals surface area contributed by atoms with E-state index in [0.29, 0.717) is 28.8 Å². The van der Waals surface area contributed by atoms with Gasteiger partial charge in [-0.2, -0.15) is 0 Å². The van der Waals surface area contributed by atoms with Crippen molar-refractivity contribution in [2.24, 2.45) is 0 Å². The summed E-state index contributed by atoms with van der Waals surface area (Å²) in [6, 6.07) is 3.52. The number of ether oxygens (including phenoxy) is 3. The number of halogens is 2. The number of nitrogens with one attached hydrogen (secondary N) is 1. The number of hydrogen-bond acceptors (Lipinski definition) is 5. The molecule has 7 heteroatoms. The first-order valence-electron chi connectivity index (χ1n) is 8.37. The van der Waals surface area contributed by atoms with Gasteiger partial charge in [0.05, 0.1) is 6.42 Å². The highest BCUT2D eigenvalue weighted by Crippen LogP contribution is 2.37. The molecule has 1 heterocycles. The maximum absolute atomic E-state index is 12.2. The Hall–Kier alpha value is -1.17. The van der Waals surface area contributed by atoms with Crippen molar-refractivity contribution in [2.75, 3.05) is 19.2 Å². The third-order valence-electron chi connectivity index (χ3n) is 3.58. The molecule has 0 amide bonds. The van der Waals surface area contributed by atoms with Gasteiger partial charge in [0.25, 0.3) is 0 Å². The summed E-state index contributed by atoms with van der Waals surface area (Å²) in [5.41, 5.74) is 0.395. The Balaban J connectivity index is 2.06. The summed E-state index contributed by atoms with van der Waals surface area (Å²) < 4.78 is 16.2. The van der Waals surface area contributed by atoms with Crippen LogP contribution in [0.2, 0.25) is 5.02 Å². The number of hydrogen-bond donors (Lipinski definition) is 1. The van der Waals surface area contributed by atoms with Gasteiger partial charge in [0.2, 0.25) is 6.79 Å². The van der Waals surface area contributed by atoms with Crippen molar-refractivity contribution in [1.29, 1.82) is 0 Å². The van der Waals surface area contributed by atoms with E-state index in [1.807, 2.05) is 26.8 Å². The second-order valence-corrected chi connectivity index (χ2v) is 7.77. The van der Waals surface area contributed by atoms with E-state index < -0.39 is 5.60 Å². The number of fused-ring (bicyclic) bond motifs is 1. The number of carbonyl (C=O) groups excluding carboxylic acids is 1. The van der Waals surface area contributed by atoms with Crippen LogP contribution in [0.15, 0.2) is 12.1 Å². The molecule has 25 heavy (non-hydrogen) atoms. The zero-order valence-electron chi connectivity index (χ0n) is 14.9. The second kappa shape index (κ2) is 8.97. The number of benzene rings is 1. The Morgan fingerprint density at radius 2 is 2.00 bits per heavy atom. The zero-order chi connectivity index (χ0) is 18.4. The Kier molecular flexibility index (Phi) is 7.23. The van der Waals surface area contributed by atoms with E-state index in [1.165, 1.54) is 0 Å². The Bertz CT molecular complexity index is 601. The van der Waals surface area contributed by atoms with Gasteiger partial charge in [-0.25, -0.2) is 0 Å². The highest BCUT2D eigenvalue weighted by molar-refractivity contribution is 6.31. The fourth-order valence-corrected chi connectivity index (χ4v) is 2.92. The molecule has 1 aromatic carbocycles. The molecule has 5 nitrogen and oxygen atoms in total. The SMILES string of the molecule is CC(C)(C)OC(=O)CC(Cc1cc2c(cc1Cl)OCO2)NCCCCl. The summed E-state index contributed by atoms with van der Waals surface area (Å²) in [6.07, 6.45) is 1.66. The third-order valence-corrected chi connectivity index (χ3v) is 4.20. The van der Waals surface area contributed by atoms with E-state index in [-0.39, 0.29) is 25.2 Å². The minimum Gasteiger partial charge on any atom is -0.460 e. The summed E-state index contributed by atoms with van der Waals surface area (Å²) in [5.74, 6) is 1.65. The molecule has 1 atom stereocenters. The molecule has 140 valence electrons. The maximum Gasteiger partial charge on any atom is 0.307 e. The molecule has 1 aliphatic heterocycles. The predicted octanol–water partition coefficient (Wildman–Crippen LogP) is 3.93. The molecule has 2 rings (SSSR count). The van der Waals surface area contributed by atoms with Crippen LogP contribution in [-0.4, -0.2) is 36.8 Å². The topological polar surface area (TPSA) is 56.8 Å². The lowest BCUT2D eigenvalue weighted by Gasteiger charge is -2.23. The van der Waals surface area contributed by atoms with Crippen molar-refractivity contribution in [1.82, 2.24) is 5.32 Å². The van der Waals surface area contributed by atoms with E-state index >= 15 is 0 Å². The first kappa shape index (κ1) is 20.1. The molecule has 1 N–H and O–H groups in total. The lowest BCUT2D eigenvalue weighted by Crippen LogP contribution is -2.36. The minimum absolute atomic E-state index is 0.101. The van der Waals surface area contributed by atoms with Crippen LogP contribution in [0.25, 0.3) is 0 Å². The van der Waals surface area contributed by atoms with Gasteiger partial charge in [-0.3, -0.25) is 4.79 Å². The number of alkyl halides is 1. The molecule has 0 fully saturated rings. The van der Waals surface area contributed by atoms with Gasteiger partial charge in [0.15, 0.2) is 11.5 Å². The monoisotopic (exact) mass is 389 g/mol. The van der Waals surface area contributed by atoms with Crippen LogP contribution in [-0.2, 0) is 16.0 Å². The average Bonchev–Trinajstić information content (AvgIpc) is 2.92. The van der Waals surface area contributed by atoms with E-state index in [9.17, 15) is 4.79 Å². The molecule has 0 saturated carbocycles. The van der Waals surface area contributed by atoms with Crippen LogP contribution < -0.4 is 14.8 Å². The summed E-state index contributed by atoms with van der Waals surface area (Å²) in [7, 11) is 0. The Morgan fingerprint density at radius 1 is 1.32 bits per heavy atom. The van der Waals surface area contributed by atoms with Gasteiger partial charge in [-0.05, 0) is 51.8 Å². The van der Waals surface area contributed by atoms with Crippen LogP contribution in [0.4, 0.5) is 0 Å². The molecule has 1 aliphatic rings. The van der Waals surface area contributed by atoms with Crippen molar-refractivity contribution in [3.05, 3.63) is 22.7 Å². The molecule has 0 bridgehead atoms. The number of rotatable bonds is 8. The highest BCUT2D eigenvalue weighted by atomic mass is 35.5. The number of esters is 1. The van der Waals surface area contributed by atoms with Crippen molar-refractivity contribution in [3.8, 4) is 11.5 Å². The van der Waals surface area contributed by atoms with Crippen molar-refractivity contribution in [3.63, 3.8) is 0 Å². The quantitative estimate of drug-likeness (QED) is 0.414. The third kappa shape index (κ3) is 6.57. The van der Waals surface area contributed by atoms with Crippen LogP contribution >= 0.6 is 23.2 Å². The minimum atomic E-state index is -0.506. The van der Waals surface area contributed by atoms with E-state index in [1.54, 1.807) is 6.07 Å². The summed E-state index contributed by atoms with van der Waals surface area (Å²) >= 11 is 12.1.